The third-order valence-electron chi connectivity index (χ3n) is 9.22. The van der Waals surface area contributed by atoms with Crippen LogP contribution in [0.4, 0.5) is 0 Å². The van der Waals surface area contributed by atoms with E-state index in [1.54, 1.807) is 0 Å². The Kier molecular flexibility index (Phi) is 31.0. The van der Waals surface area contributed by atoms with Crippen molar-refractivity contribution in [3.63, 3.8) is 0 Å². The SMILES string of the molecule is CC/C=C\CC1OC1C/C=C\C/C=C\C/C=C\C/C=C\CCC(=O)O[C@H](COC(=O)CCCCCCCCCCCCCC)COP(=O)([O-])OCC[N+](C)(C)C. The van der Waals surface area contributed by atoms with Gasteiger partial charge in [0.25, 0.3) is 7.82 Å². The van der Waals surface area contributed by atoms with Crippen LogP contribution in [-0.4, -0.2) is 82.2 Å². The number of nitrogens with zero attached hydrogens (tertiary/aromatic N) is 1. The minimum Gasteiger partial charge on any atom is -0.756 e. The number of carbonyl (C=O) groups is 2. The van der Waals surface area contributed by atoms with E-state index in [4.69, 9.17) is 23.3 Å². The lowest BCUT2D eigenvalue weighted by atomic mass is 10.0. The van der Waals surface area contributed by atoms with Gasteiger partial charge in [0.05, 0.1) is 40.0 Å². The third kappa shape index (κ3) is 33.8. The molecule has 1 fully saturated rings. The number of unbranched alkanes of at least 4 members (excludes halogenated alkanes) is 11. The number of allylic oxidation sites excluding steroid dienone is 8. The number of phosphoric ester groups is 1. The van der Waals surface area contributed by atoms with Gasteiger partial charge in [-0.2, -0.15) is 0 Å². The first-order chi connectivity index (χ1) is 27.0. The number of quaternary nitrogens is 1. The standard InChI is InChI=1S/C45H78NO9P/c1-6-8-10-11-12-13-14-18-21-24-27-31-35-44(47)51-39-41(40-53-56(49,50)52-38-37-46(3,4)5)54-45(48)36-32-28-25-22-19-16-15-17-20-23-26-30-34-43-42(55-43)33-29-9-7-2/h9,16-17,19-20,25-26,28-30,41-43H,6-8,10-15,18,21-24,27,31-40H2,1-5H3/b19-16-,20-17-,28-25-,29-9-,30-26-/t41-,42?,43?/m1/s1. The Balaban J connectivity index is 2.34. The minimum atomic E-state index is -4.65. The first-order valence-electron chi connectivity index (χ1n) is 21.6. The smallest absolute Gasteiger partial charge is 0.306 e. The second kappa shape index (κ2) is 33.6. The van der Waals surface area contributed by atoms with Crippen molar-refractivity contribution < 1.29 is 46.8 Å². The van der Waals surface area contributed by atoms with E-state index in [1.165, 1.54) is 57.8 Å². The summed E-state index contributed by atoms with van der Waals surface area (Å²) >= 11 is 0. The lowest BCUT2D eigenvalue weighted by molar-refractivity contribution is -0.870. The number of phosphoric acid groups is 1. The second-order valence-corrected chi connectivity index (χ2v) is 17.1. The van der Waals surface area contributed by atoms with Crippen molar-refractivity contribution in [3.8, 4) is 0 Å². The molecule has 322 valence electrons. The highest BCUT2D eigenvalue weighted by Crippen LogP contribution is 2.38. The molecule has 1 aliphatic heterocycles. The zero-order chi connectivity index (χ0) is 41.2. The van der Waals surface area contributed by atoms with Crippen LogP contribution >= 0.6 is 7.82 Å². The topological polar surface area (TPSA) is 124 Å². The summed E-state index contributed by atoms with van der Waals surface area (Å²) in [4.78, 5) is 37.4. The molecule has 56 heavy (non-hydrogen) atoms. The predicted molar refractivity (Wildman–Crippen MR) is 226 cm³/mol. The zero-order valence-electron chi connectivity index (χ0n) is 35.8. The molecule has 1 rings (SSSR count). The largest absolute Gasteiger partial charge is 0.756 e. The van der Waals surface area contributed by atoms with E-state index in [2.05, 4.69) is 62.5 Å². The molecular weight excluding hydrogens is 729 g/mol. The van der Waals surface area contributed by atoms with Gasteiger partial charge in [-0.25, -0.2) is 0 Å². The molecule has 1 heterocycles. The maximum Gasteiger partial charge on any atom is 0.306 e. The lowest BCUT2D eigenvalue weighted by Crippen LogP contribution is -2.37. The van der Waals surface area contributed by atoms with E-state index in [0.29, 0.717) is 29.7 Å². The van der Waals surface area contributed by atoms with E-state index in [-0.39, 0.29) is 26.1 Å². The van der Waals surface area contributed by atoms with Crippen LogP contribution in [-0.2, 0) is 37.4 Å². The molecule has 11 heteroatoms. The van der Waals surface area contributed by atoms with Gasteiger partial charge in [0.15, 0.2) is 6.10 Å². The fourth-order valence-corrected chi connectivity index (χ4v) is 6.45. The predicted octanol–water partition coefficient (Wildman–Crippen LogP) is 10.4. The third-order valence-corrected chi connectivity index (χ3v) is 10.2. The van der Waals surface area contributed by atoms with Crippen LogP contribution in [0.25, 0.3) is 0 Å². The Morgan fingerprint density at radius 2 is 1.18 bits per heavy atom. The van der Waals surface area contributed by atoms with E-state index in [9.17, 15) is 19.0 Å². The summed E-state index contributed by atoms with van der Waals surface area (Å²) in [5.74, 6) is -0.940. The van der Waals surface area contributed by atoms with Gasteiger partial charge in [-0.3, -0.25) is 14.2 Å². The van der Waals surface area contributed by atoms with E-state index < -0.39 is 32.5 Å². The Labute approximate surface area is 341 Å². The van der Waals surface area contributed by atoms with Crippen molar-refractivity contribution in [2.45, 2.75) is 167 Å². The summed E-state index contributed by atoms with van der Waals surface area (Å²) in [5.41, 5.74) is 0. The normalized spacial score (nSPS) is 17.8. The van der Waals surface area contributed by atoms with Gasteiger partial charge in [-0.15, -0.1) is 0 Å². The number of hydrogen-bond acceptors (Lipinski definition) is 9. The Morgan fingerprint density at radius 1 is 0.661 bits per heavy atom. The molecule has 0 aromatic rings. The average Bonchev–Trinajstić information content (AvgIpc) is 3.90. The fourth-order valence-electron chi connectivity index (χ4n) is 5.72. The lowest BCUT2D eigenvalue weighted by Gasteiger charge is -2.28. The Morgan fingerprint density at radius 3 is 1.73 bits per heavy atom. The Bertz CT molecular complexity index is 1210. The summed E-state index contributed by atoms with van der Waals surface area (Å²) in [5, 5.41) is 0. The molecule has 0 aliphatic carbocycles. The van der Waals surface area contributed by atoms with E-state index in [1.807, 2.05) is 33.3 Å². The number of hydrogen-bond donors (Lipinski definition) is 0. The highest BCUT2D eigenvalue weighted by atomic mass is 31.2. The molecule has 0 saturated carbocycles. The number of rotatable bonds is 37. The summed E-state index contributed by atoms with van der Waals surface area (Å²) < 4.78 is 39.4. The summed E-state index contributed by atoms with van der Waals surface area (Å²) in [7, 11) is 1.11. The highest BCUT2D eigenvalue weighted by molar-refractivity contribution is 7.45. The summed E-state index contributed by atoms with van der Waals surface area (Å²) in [6.07, 6.45) is 41.6. The summed E-state index contributed by atoms with van der Waals surface area (Å²) in [6.45, 7) is 4.00. The van der Waals surface area contributed by atoms with Gasteiger partial charge in [0, 0.05) is 12.8 Å². The number of esters is 2. The van der Waals surface area contributed by atoms with Gasteiger partial charge >= 0.3 is 11.9 Å². The van der Waals surface area contributed by atoms with Crippen LogP contribution in [0.5, 0.6) is 0 Å². The van der Waals surface area contributed by atoms with Crippen molar-refractivity contribution in [2.24, 2.45) is 0 Å². The average molecular weight is 808 g/mol. The first-order valence-corrected chi connectivity index (χ1v) is 23.1. The molecule has 10 nitrogen and oxygen atoms in total. The molecule has 4 atom stereocenters. The quantitative estimate of drug-likeness (QED) is 0.0151. The molecule has 0 radical (unpaired) electrons. The molecule has 1 aliphatic rings. The van der Waals surface area contributed by atoms with E-state index >= 15 is 0 Å². The van der Waals surface area contributed by atoms with Crippen molar-refractivity contribution >= 4 is 19.8 Å². The van der Waals surface area contributed by atoms with Crippen LogP contribution in [0.2, 0.25) is 0 Å². The summed E-state index contributed by atoms with van der Waals surface area (Å²) in [6, 6.07) is 0. The second-order valence-electron chi connectivity index (χ2n) is 15.7. The molecule has 0 aromatic carbocycles. The van der Waals surface area contributed by atoms with Crippen LogP contribution in [0, 0.1) is 0 Å². The maximum atomic E-state index is 12.6. The Hall–Kier alpha value is -2.33. The monoisotopic (exact) mass is 808 g/mol. The van der Waals surface area contributed by atoms with Crippen molar-refractivity contribution in [2.75, 3.05) is 47.5 Å². The fraction of sp³-hybridized carbons (Fsp3) is 0.733. The molecule has 0 bridgehead atoms. The maximum absolute atomic E-state index is 12.6. The number of epoxide rings is 1. The molecule has 0 amide bonds. The minimum absolute atomic E-state index is 0.0480. The van der Waals surface area contributed by atoms with Gasteiger partial charge in [0.1, 0.15) is 19.8 Å². The number of carbonyl (C=O) groups excluding carboxylic acids is 2. The van der Waals surface area contributed by atoms with Gasteiger partial charge < -0.3 is 32.6 Å². The molecule has 0 N–H and O–H groups in total. The first kappa shape index (κ1) is 51.7. The number of likely N-dealkylation sites (N-methyl/N-ethyl adjacent to an activating group) is 1. The highest BCUT2D eigenvalue weighted by Gasteiger charge is 2.36. The van der Waals surface area contributed by atoms with Crippen LogP contribution in [0.15, 0.2) is 60.8 Å². The van der Waals surface area contributed by atoms with Gasteiger partial charge in [-0.1, -0.05) is 145 Å². The van der Waals surface area contributed by atoms with Crippen molar-refractivity contribution in [1.29, 1.82) is 0 Å². The molecule has 1 saturated heterocycles. The zero-order valence-corrected chi connectivity index (χ0v) is 36.6. The van der Waals surface area contributed by atoms with Gasteiger partial charge in [0.2, 0.25) is 0 Å². The van der Waals surface area contributed by atoms with Crippen molar-refractivity contribution in [3.05, 3.63) is 60.8 Å². The molecule has 3 unspecified atom stereocenters. The van der Waals surface area contributed by atoms with Gasteiger partial charge in [-0.05, 0) is 51.4 Å². The van der Waals surface area contributed by atoms with Crippen LogP contribution < -0.4 is 4.89 Å². The number of ether oxygens (including phenoxy) is 3. The van der Waals surface area contributed by atoms with E-state index in [0.717, 1.165) is 57.8 Å². The molecule has 0 aromatic heterocycles. The molecule has 0 spiro atoms. The molecular formula is C45H78NO9P. The van der Waals surface area contributed by atoms with Crippen LogP contribution in [0.3, 0.4) is 0 Å². The van der Waals surface area contributed by atoms with Crippen molar-refractivity contribution in [1.82, 2.24) is 0 Å². The van der Waals surface area contributed by atoms with Crippen LogP contribution in [0.1, 0.15) is 149 Å².